The number of nitrogens with zero attached hydrogens (tertiary/aromatic N) is 5. The maximum atomic E-state index is 16.4. The maximum absolute atomic E-state index is 16.4. The molecule has 0 amide bonds. The van der Waals surface area contributed by atoms with E-state index in [0.29, 0.717) is 6.07 Å². The number of nitrogen functional groups attached to an aromatic ring is 1. The fraction of sp³-hybridized carbons (Fsp3) is 0.586. The van der Waals surface area contributed by atoms with Crippen LogP contribution in [-0.4, -0.2) is 88.9 Å². The van der Waals surface area contributed by atoms with Gasteiger partial charge in [-0.1, -0.05) is 13.8 Å². The lowest BCUT2D eigenvalue weighted by atomic mass is 9.85. The standard InChI is InChI=1S/C27H29F9N8O2.C2H6/c1-11-18(27(34,35)36)12(8-16(37)40-11)20-19(28)21-17-22(39-7-6-38-5-4-15(26(31,32)33)46-23(17)41-20)43-24(42-21)45-10-14-13(9-44(14)3)25(2,29)30;1-2/h8,13-15,38H,4-7,9-10H2,1-3H3,(H2,37,40)(H,39,42,43);1-2H3. The van der Waals surface area contributed by atoms with E-state index in [1.807, 2.05) is 13.8 Å². The van der Waals surface area contributed by atoms with Crippen LogP contribution in [0.4, 0.5) is 51.1 Å². The van der Waals surface area contributed by atoms with E-state index in [0.717, 1.165) is 13.8 Å². The normalized spacial score (nSPS) is 20.8. The number of likely N-dealkylation sites (N-methyl/N-ethyl adjacent to an activating group) is 1. The SMILES string of the molecule is CC.Cc1nc(N)cc(-c2nc3c4c(nc(OCC5C(C(C)(F)F)CN5C)nc4c2F)NCCNCCC(C(F)(F)F)O3)c1C(F)(F)F. The Balaban J connectivity index is 0.00000255. The molecule has 3 aromatic heterocycles. The van der Waals surface area contributed by atoms with Crippen molar-refractivity contribution in [3.05, 3.63) is 23.1 Å². The van der Waals surface area contributed by atoms with E-state index in [1.54, 1.807) is 11.9 Å². The Morgan fingerprint density at radius 1 is 1.02 bits per heavy atom. The zero-order valence-corrected chi connectivity index (χ0v) is 26.6. The van der Waals surface area contributed by atoms with Crippen molar-refractivity contribution in [1.29, 1.82) is 0 Å². The number of aromatic nitrogens is 4. The fourth-order valence-electron chi connectivity index (χ4n) is 5.51. The Morgan fingerprint density at radius 2 is 1.71 bits per heavy atom. The molecular weight excluding hydrogens is 663 g/mol. The molecule has 1 saturated heterocycles. The second-order valence-corrected chi connectivity index (χ2v) is 11.2. The minimum Gasteiger partial charge on any atom is -0.464 e. The third kappa shape index (κ3) is 7.71. The summed E-state index contributed by atoms with van der Waals surface area (Å²) in [5.74, 6) is -7.28. The van der Waals surface area contributed by atoms with Crippen molar-refractivity contribution >= 4 is 22.5 Å². The molecule has 0 aliphatic carbocycles. The topological polar surface area (TPSA) is 123 Å². The summed E-state index contributed by atoms with van der Waals surface area (Å²) in [4.78, 5) is 17.2. The average molecular weight is 699 g/mol. The van der Waals surface area contributed by atoms with Gasteiger partial charge in [0.15, 0.2) is 11.9 Å². The van der Waals surface area contributed by atoms with Crippen molar-refractivity contribution in [2.45, 2.75) is 64.5 Å². The van der Waals surface area contributed by atoms with Gasteiger partial charge in [0.05, 0.1) is 23.2 Å². The summed E-state index contributed by atoms with van der Waals surface area (Å²) in [5, 5.41) is 5.10. The number of hydrogen-bond donors (Lipinski definition) is 3. The highest BCUT2D eigenvalue weighted by Crippen LogP contribution is 2.44. The van der Waals surface area contributed by atoms with Crippen LogP contribution in [0.15, 0.2) is 6.07 Å². The molecule has 266 valence electrons. The molecule has 0 radical (unpaired) electrons. The van der Waals surface area contributed by atoms with Crippen LogP contribution in [0.1, 0.15) is 38.4 Å². The number of nitrogens with one attached hydrogen (secondary N) is 2. The Labute approximate surface area is 269 Å². The van der Waals surface area contributed by atoms with E-state index in [9.17, 15) is 35.1 Å². The zero-order chi connectivity index (χ0) is 35.8. The van der Waals surface area contributed by atoms with Crippen LogP contribution < -0.4 is 25.8 Å². The van der Waals surface area contributed by atoms with E-state index in [-0.39, 0.29) is 38.6 Å². The molecule has 4 N–H and O–H groups in total. The molecule has 5 heterocycles. The summed E-state index contributed by atoms with van der Waals surface area (Å²) in [6, 6.07) is -0.687. The second-order valence-electron chi connectivity index (χ2n) is 11.2. The maximum Gasteiger partial charge on any atom is 0.425 e. The molecule has 0 spiro atoms. The molecule has 2 aliphatic rings. The zero-order valence-electron chi connectivity index (χ0n) is 26.6. The highest BCUT2D eigenvalue weighted by atomic mass is 19.4. The van der Waals surface area contributed by atoms with Crippen LogP contribution in [0, 0.1) is 18.7 Å². The third-order valence-electron chi connectivity index (χ3n) is 7.84. The summed E-state index contributed by atoms with van der Waals surface area (Å²) in [7, 11) is 1.58. The molecule has 3 atom stereocenters. The van der Waals surface area contributed by atoms with E-state index < -0.39 is 99.7 Å². The number of alkyl halides is 8. The third-order valence-corrected chi connectivity index (χ3v) is 7.84. The average Bonchev–Trinajstić information content (AvgIpc) is 3.00. The Kier molecular flexibility index (Phi) is 10.7. The summed E-state index contributed by atoms with van der Waals surface area (Å²) >= 11 is 0. The number of pyridine rings is 2. The largest absolute Gasteiger partial charge is 0.464 e. The quantitative estimate of drug-likeness (QED) is 0.280. The molecule has 0 saturated carbocycles. The number of halogens is 9. The van der Waals surface area contributed by atoms with Crippen molar-refractivity contribution in [2.24, 2.45) is 5.92 Å². The van der Waals surface area contributed by atoms with Crippen LogP contribution in [0.3, 0.4) is 0 Å². The minimum atomic E-state index is -5.11. The van der Waals surface area contributed by atoms with Gasteiger partial charge in [0, 0.05) is 31.6 Å². The highest BCUT2D eigenvalue weighted by molar-refractivity contribution is 5.96. The van der Waals surface area contributed by atoms with Crippen molar-refractivity contribution in [3.8, 4) is 23.1 Å². The van der Waals surface area contributed by atoms with Gasteiger partial charge in [-0.3, -0.25) is 4.90 Å². The Hall–Kier alpha value is -3.87. The van der Waals surface area contributed by atoms with Gasteiger partial charge in [0.2, 0.25) is 5.88 Å². The first-order valence-electron chi connectivity index (χ1n) is 15.0. The molecule has 3 aromatic rings. The van der Waals surface area contributed by atoms with Gasteiger partial charge in [-0.25, -0.2) is 23.1 Å². The Bertz CT molecular complexity index is 1620. The summed E-state index contributed by atoms with van der Waals surface area (Å²) in [6.07, 6.45) is -13.2. The van der Waals surface area contributed by atoms with E-state index in [4.69, 9.17) is 15.2 Å². The number of ether oxygens (including phenoxy) is 2. The molecule has 0 aromatic carbocycles. The number of likely N-dealkylation sites (tertiary alicyclic amines) is 1. The molecule has 3 unspecified atom stereocenters. The van der Waals surface area contributed by atoms with Gasteiger partial charge in [0.25, 0.3) is 5.92 Å². The molecule has 1 fully saturated rings. The molecule has 10 nitrogen and oxygen atoms in total. The summed E-state index contributed by atoms with van der Waals surface area (Å²) in [5.41, 5.74) is 0.838. The summed E-state index contributed by atoms with van der Waals surface area (Å²) in [6.45, 7) is 5.41. The number of hydrogen-bond acceptors (Lipinski definition) is 10. The lowest BCUT2D eigenvalue weighted by molar-refractivity contribution is -0.196. The van der Waals surface area contributed by atoms with Gasteiger partial charge >= 0.3 is 18.4 Å². The second kappa shape index (κ2) is 13.9. The molecule has 2 aliphatic heterocycles. The molecule has 0 bridgehead atoms. The number of anilines is 2. The highest BCUT2D eigenvalue weighted by Gasteiger charge is 2.50. The first kappa shape index (κ1) is 37.0. The monoisotopic (exact) mass is 698 g/mol. The number of rotatable bonds is 5. The fourth-order valence-corrected chi connectivity index (χ4v) is 5.51. The van der Waals surface area contributed by atoms with Crippen LogP contribution in [0.25, 0.3) is 22.2 Å². The van der Waals surface area contributed by atoms with Gasteiger partial charge in [-0.15, -0.1) is 0 Å². The van der Waals surface area contributed by atoms with E-state index in [2.05, 4.69) is 30.6 Å². The van der Waals surface area contributed by atoms with Crippen molar-refractivity contribution in [3.63, 3.8) is 0 Å². The minimum absolute atomic E-state index is 0.0405. The first-order valence-corrected chi connectivity index (χ1v) is 15.0. The predicted octanol–water partition coefficient (Wildman–Crippen LogP) is 5.84. The van der Waals surface area contributed by atoms with Crippen LogP contribution in [0.5, 0.6) is 11.9 Å². The molecule has 19 heteroatoms. The molecule has 5 rings (SSSR count). The lowest BCUT2D eigenvalue weighted by Gasteiger charge is -2.47. The predicted molar refractivity (Wildman–Crippen MR) is 158 cm³/mol. The first-order chi connectivity index (χ1) is 22.4. The van der Waals surface area contributed by atoms with Crippen LogP contribution >= 0.6 is 0 Å². The van der Waals surface area contributed by atoms with Gasteiger partial charge in [-0.05, 0) is 33.5 Å². The van der Waals surface area contributed by atoms with E-state index >= 15 is 4.39 Å². The smallest absolute Gasteiger partial charge is 0.425 e. The van der Waals surface area contributed by atoms with Gasteiger partial charge < -0.3 is 25.8 Å². The van der Waals surface area contributed by atoms with Gasteiger partial charge in [-0.2, -0.15) is 36.3 Å². The van der Waals surface area contributed by atoms with Crippen molar-refractivity contribution < 1.29 is 49.0 Å². The number of aryl methyl sites for hydroxylation is 1. The molecule has 48 heavy (non-hydrogen) atoms. The summed E-state index contributed by atoms with van der Waals surface area (Å²) < 4.78 is 140. The molecular formula is C29H35F9N8O2. The van der Waals surface area contributed by atoms with Crippen molar-refractivity contribution in [1.82, 2.24) is 30.2 Å². The van der Waals surface area contributed by atoms with Crippen LogP contribution in [0.2, 0.25) is 0 Å². The van der Waals surface area contributed by atoms with Crippen molar-refractivity contribution in [2.75, 3.05) is 50.9 Å². The van der Waals surface area contributed by atoms with Crippen LogP contribution in [-0.2, 0) is 6.18 Å². The lowest BCUT2D eigenvalue weighted by Crippen LogP contribution is -2.62. The Morgan fingerprint density at radius 3 is 2.31 bits per heavy atom. The number of nitrogens with two attached hydrogens (primary N) is 1. The van der Waals surface area contributed by atoms with E-state index in [1.165, 1.54) is 0 Å². The van der Waals surface area contributed by atoms with Gasteiger partial charge in [0.1, 0.15) is 34.8 Å².